The number of nitro groups is 1. The Bertz CT molecular complexity index is 484. The van der Waals surface area contributed by atoms with Gasteiger partial charge in [0.15, 0.2) is 0 Å². The van der Waals surface area contributed by atoms with E-state index in [4.69, 9.17) is 0 Å². The number of carbonyl (C=O) groups excluding carboxylic acids is 1. The van der Waals surface area contributed by atoms with Crippen molar-refractivity contribution in [2.75, 3.05) is 32.1 Å². The Morgan fingerprint density at radius 1 is 1.37 bits per heavy atom. The fraction of sp³-hybridized carbons (Fsp3) is 0.462. The molecule has 0 spiro atoms. The lowest BCUT2D eigenvalue weighted by atomic mass is 10.1. The van der Waals surface area contributed by atoms with E-state index >= 15 is 0 Å². The highest BCUT2D eigenvalue weighted by Gasteiger charge is 2.29. The SMILES string of the molecule is CN(C)C(=O)[C@H]1CCN(c2ccc([N+](=O)[O-])cc2)C1. The average Bonchev–Trinajstić information content (AvgIpc) is 2.87. The summed E-state index contributed by atoms with van der Waals surface area (Å²) < 4.78 is 0. The molecule has 0 unspecified atom stereocenters. The van der Waals surface area contributed by atoms with Crippen LogP contribution >= 0.6 is 0 Å². The third-order valence-electron chi connectivity index (χ3n) is 3.40. The van der Waals surface area contributed by atoms with Gasteiger partial charge in [-0.1, -0.05) is 0 Å². The van der Waals surface area contributed by atoms with Gasteiger partial charge in [-0.25, -0.2) is 0 Å². The second kappa shape index (κ2) is 5.26. The van der Waals surface area contributed by atoms with Crippen LogP contribution < -0.4 is 4.90 Å². The molecule has 0 saturated carbocycles. The summed E-state index contributed by atoms with van der Waals surface area (Å²) in [5.41, 5.74) is 1.02. The molecule has 1 amide bonds. The Balaban J connectivity index is 2.04. The normalized spacial score (nSPS) is 18.4. The van der Waals surface area contributed by atoms with Crippen LogP contribution in [-0.4, -0.2) is 42.9 Å². The van der Waals surface area contributed by atoms with Gasteiger partial charge < -0.3 is 9.80 Å². The van der Waals surface area contributed by atoms with E-state index in [1.54, 1.807) is 31.1 Å². The van der Waals surface area contributed by atoms with E-state index in [0.717, 1.165) is 18.7 Å². The molecule has 1 aromatic carbocycles. The topological polar surface area (TPSA) is 66.7 Å². The van der Waals surface area contributed by atoms with Crippen LogP contribution in [0.25, 0.3) is 0 Å². The summed E-state index contributed by atoms with van der Waals surface area (Å²) in [5.74, 6) is 0.162. The van der Waals surface area contributed by atoms with Crippen LogP contribution in [0, 0.1) is 16.0 Å². The average molecular weight is 263 g/mol. The molecule has 1 saturated heterocycles. The summed E-state index contributed by atoms with van der Waals surface area (Å²) in [6.07, 6.45) is 0.827. The molecule has 1 heterocycles. The number of nitrogens with zero attached hydrogens (tertiary/aromatic N) is 3. The summed E-state index contributed by atoms with van der Waals surface area (Å²) in [5, 5.41) is 10.6. The Labute approximate surface area is 111 Å². The molecule has 1 aliphatic heterocycles. The van der Waals surface area contributed by atoms with E-state index < -0.39 is 4.92 Å². The lowest BCUT2D eigenvalue weighted by Gasteiger charge is -2.19. The molecule has 6 nitrogen and oxygen atoms in total. The fourth-order valence-electron chi connectivity index (χ4n) is 2.35. The minimum atomic E-state index is -0.411. The van der Waals surface area contributed by atoms with Gasteiger partial charge in [-0.05, 0) is 18.6 Å². The Morgan fingerprint density at radius 2 is 2.00 bits per heavy atom. The van der Waals surface area contributed by atoms with Gasteiger partial charge in [-0.3, -0.25) is 14.9 Å². The number of hydrogen-bond donors (Lipinski definition) is 0. The van der Waals surface area contributed by atoms with E-state index in [9.17, 15) is 14.9 Å². The minimum absolute atomic E-state index is 0.0187. The van der Waals surface area contributed by atoms with Crippen LogP contribution in [0.2, 0.25) is 0 Å². The van der Waals surface area contributed by atoms with Gasteiger partial charge >= 0.3 is 0 Å². The van der Waals surface area contributed by atoms with Gasteiger partial charge in [0.2, 0.25) is 5.91 Å². The summed E-state index contributed by atoms with van der Waals surface area (Å²) in [6.45, 7) is 1.48. The molecular weight excluding hydrogens is 246 g/mol. The van der Waals surface area contributed by atoms with Crippen molar-refractivity contribution in [3.63, 3.8) is 0 Å². The summed E-state index contributed by atoms with van der Waals surface area (Å²) in [6, 6.07) is 6.47. The van der Waals surface area contributed by atoms with Crippen molar-refractivity contribution >= 4 is 17.3 Å². The number of non-ortho nitro benzene ring substituents is 1. The van der Waals surface area contributed by atoms with Crippen molar-refractivity contribution in [2.45, 2.75) is 6.42 Å². The van der Waals surface area contributed by atoms with Crippen molar-refractivity contribution in [1.29, 1.82) is 0 Å². The maximum atomic E-state index is 11.9. The predicted molar refractivity (Wildman–Crippen MR) is 72.1 cm³/mol. The minimum Gasteiger partial charge on any atom is -0.371 e. The van der Waals surface area contributed by atoms with E-state index in [2.05, 4.69) is 4.90 Å². The Morgan fingerprint density at radius 3 is 2.53 bits per heavy atom. The maximum absolute atomic E-state index is 11.9. The van der Waals surface area contributed by atoms with Gasteiger partial charge in [-0.2, -0.15) is 0 Å². The molecule has 0 aromatic heterocycles. The van der Waals surface area contributed by atoms with Gasteiger partial charge in [0, 0.05) is 45.0 Å². The van der Waals surface area contributed by atoms with Crippen LogP contribution in [0.3, 0.4) is 0 Å². The number of amides is 1. The highest BCUT2D eigenvalue weighted by atomic mass is 16.6. The number of benzene rings is 1. The second-order valence-electron chi connectivity index (χ2n) is 4.94. The zero-order valence-corrected chi connectivity index (χ0v) is 11.1. The quantitative estimate of drug-likeness (QED) is 0.612. The molecule has 1 fully saturated rings. The monoisotopic (exact) mass is 263 g/mol. The second-order valence-corrected chi connectivity index (χ2v) is 4.94. The molecule has 102 valence electrons. The molecule has 1 aromatic rings. The summed E-state index contributed by atoms with van der Waals surface area (Å²) >= 11 is 0. The molecular formula is C13H17N3O3. The molecule has 0 radical (unpaired) electrons. The zero-order chi connectivity index (χ0) is 14.0. The molecule has 0 aliphatic carbocycles. The van der Waals surface area contributed by atoms with Gasteiger partial charge in [0.1, 0.15) is 0 Å². The van der Waals surface area contributed by atoms with Gasteiger partial charge in [-0.15, -0.1) is 0 Å². The first-order valence-electron chi connectivity index (χ1n) is 6.19. The van der Waals surface area contributed by atoms with Crippen molar-refractivity contribution in [3.05, 3.63) is 34.4 Å². The first-order valence-corrected chi connectivity index (χ1v) is 6.19. The maximum Gasteiger partial charge on any atom is 0.269 e. The van der Waals surface area contributed by atoms with Crippen molar-refractivity contribution in [2.24, 2.45) is 5.92 Å². The number of anilines is 1. The molecule has 19 heavy (non-hydrogen) atoms. The van der Waals surface area contributed by atoms with Gasteiger partial charge in [0.05, 0.1) is 10.8 Å². The lowest BCUT2D eigenvalue weighted by Crippen LogP contribution is -2.31. The number of rotatable bonds is 3. The predicted octanol–water partition coefficient (Wildman–Crippen LogP) is 1.51. The first-order chi connectivity index (χ1) is 8.99. The zero-order valence-electron chi connectivity index (χ0n) is 11.1. The van der Waals surface area contributed by atoms with Crippen molar-refractivity contribution < 1.29 is 9.72 Å². The van der Waals surface area contributed by atoms with Crippen LogP contribution in [0.4, 0.5) is 11.4 Å². The van der Waals surface area contributed by atoms with Gasteiger partial charge in [0.25, 0.3) is 5.69 Å². The molecule has 1 aliphatic rings. The van der Waals surface area contributed by atoms with Crippen LogP contribution in [0.5, 0.6) is 0 Å². The highest BCUT2D eigenvalue weighted by Crippen LogP contribution is 2.26. The highest BCUT2D eigenvalue weighted by molar-refractivity contribution is 5.79. The van der Waals surface area contributed by atoms with E-state index in [1.807, 2.05) is 0 Å². The number of nitro benzene ring substituents is 1. The van der Waals surface area contributed by atoms with Crippen LogP contribution in [0.15, 0.2) is 24.3 Å². The summed E-state index contributed by atoms with van der Waals surface area (Å²) in [4.78, 5) is 25.8. The molecule has 0 bridgehead atoms. The molecule has 2 rings (SSSR count). The lowest BCUT2D eigenvalue weighted by molar-refractivity contribution is -0.384. The fourth-order valence-corrected chi connectivity index (χ4v) is 2.35. The number of hydrogen-bond acceptors (Lipinski definition) is 4. The first kappa shape index (κ1) is 13.3. The molecule has 0 N–H and O–H groups in total. The van der Waals surface area contributed by atoms with Crippen molar-refractivity contribution in [3.8, 4) is 0 Å². The molecule has 6 heteroatoms. The van der Waals surface area contributed by atoms with E-state index in [-0.39, 0.29) is 17.5 Å². The Hall–Kier alpha value is -2.11. The standard InChI is InChI=1S/C13H17N3O3/c1-14(2)13(17)10-7-8-15(9-10)11-3-5-12(6-4-11)16(18)19/h3-6,10H,7-9H2,1-2H3/t10-/m0/s1. The number of carbonyl (C=O) groups is 1. The van der Waals surface area contributed by atoms with E-state index in [1.165, 1.54) is 12.1 Å². The summed E-state index contributed by atoms with van der Waals surface area (Å²) in [7, 11) is 3.52. The van der Waals surface area contributed by atoms with Crippen LogP contribution in [-0.2, 0) is 4.79 Å². The van der Waals surface area contributed by atoms with E-state index in [0.29, 0.717) is 6.54 Å². The van der Waals surface area contributed by atoms with Crippen LogP contribution in [0.1, 0.15) is 6.42 Å². The smallest absolute Gasteiger partial charge is 0.269 e. The Kier molecular flexibility index (Phi) is 3.69. The largest absolute Gasteiger partial charge is 0.371 e. The third kappa shape index (κ3) is 2.83. The van der Waals surface area contributed by atoms with Crippen molar-refractivity contribution in [1.82, 2.24) is 4.90 Å². The molecule has 1 atom stereocenters. The third-order valence-corrected chi connectivity index (χ3v) is 3.40.